The number of halogens is 1. The van der Waals surface area contributed by atoms with Gasteiger partial charge in [0.1, 0.15) is 22.1 Å². The van der Waals surface area contributed by atoms with Crippen molar-refractivity contribution in [3.63, 3.8) is 0 Å². The molecule has 0 saturated carbocycles. The number of carbonyl (C=O) groups excluding carboxylic acids is 1. The molecule has 0 fully saturated rings. The molecular weight excluding hydrogens is 416 g/mol. The highest BCUT2D eigenvalue weighted by Crippen LogP contribution is 2.37. The molecule has 0 bridgehead atoms. The van der Waals surface area contributed by atoms with Crippen molar-refractivity contribution in [1.82, 2.24) is 4.57 Å². The summed E-state index contributed by atoms with van der Waals surface area (Å²) in [4.78, 5) is 29.8. The van der Waals surface area contributed by atoms with E-state index >= 15 is 0 Å². The lowest BCUT2D eigenvalue weighted by molar-refractivity contribution is 0.0606. The van der Waals surface area contributed by atoms with Crippen molar-refractivity contribution in [2.75, 3.05) is 21.3 Å². The monoisotopic (exact) mass is 432 g/mol. The number of hydrogen-bond acceptors (Lipinski definition) is 7. The minimum Gasteiger partial charge on any atom is -0.495 e. The van der Waals surface area contributed by atoms with E-state index in [9.17, 15) is 9.59 Å². The number of nitrogens with zero attached hydrogens (tertiary/aromatic N) is 2. The molecule has 1 aromatic heterocycles. The van der Waals surface area contributed by atoms with E-state index in [2.05, 4.69) is 4.99 Å². The number of hydrogen-bond donors (Lipinski definition) is 0. The summed E-state index contributed by atoms with van der Waals surface area (Å²) in [6.07, 6.45) is 0. The Bertz CT molecular complexity index is 1170. The van der Waals surface area contributed by atoms with E-state index in [4.69, 9.17) is 25.8 Å². The first kappa shape index (κ1) is 20.6. The van der Waals surface area contributed by atoms with Crippen LogP contribution in [0.4, 0.5) is 5.69 Å². The summed E-state index contributed by atoms with van der Waals surface area (Å²) in [6.45, 7) is 0. The van der Waals surface area contributed by atoms with Crippen molar-refractivity contribution < 1.29 is 19.0 Å². The molecule has 150 valence electrons. The number of rotatable bonds is 5. The van der Waals surface area contributed by atoms with Crippen LogP contribution in [0.25, 0.3) is 5.69 Å². The minimum atomic E-state index is -0.621. The van der Waals surface area contributed by atoms with Crippen LogP contribution in [0.1, 0.15) is 9.67 Å². The summed E-state index contributed by atoms with van der Waals surface area (Å²) in [5.74, 6) is 0.164. The average Bonchev–Trinajstić information content (AvgIpc) is 2.74. The van der Waals surface area contributed by atoms with Gasteiger partial charge in [-0.15, -0.1) is 0 Å². The van der Waals surface area contributed by atoms with Crippen LogP contribution in [0.3, 0.4) is 0 Å². The van der Waals surface area contributed by atoms with Crippen LogP contribution in [0.5, 0.6) is 11.5 Å². The second-order valence-electron chi connectivity index (χ2n) is 5.66. The molecule has 0 atom stereocenters. The first-order chi connectivity index (χ1) is 14.0. The predicted molar refractivity (Wildman–Crippen MR) is 111 cm³/mol. The van der Waals surface area contributed by atoms with Crippen molar-refractivity contribution in [3.05, 3.63) is 73.6 Å². The van der Waals surface area contributed by atoms with Gasteiger partial charge in [0.15, 0.2) is 4.80 Å². The van der Waals surface area contributed by atoms with Crippen LogP contribution < -0.4 is 19.8 Å². The van der Waals surface area contributed by atoms with Gasteiger partial charge < -0.3 is 14.2 Å². The van der Waals surface area contributed by atoms with Crippen LogP contribution in [0, 0.1) is 0 Å². The van der Waals surface area contributed by atoms with Crippen LogP contribution in [0.15, 0.2) is 58.3 Å². The topological polar surface area (TPSA) is 79.1 Å². The number of aromatic nitrogens is 1. The van der Waals surface area contributed by atoms with Gasteiger partial charge in [0, 0.05) is 18.2 Å². The van der Waals surface area contributed by atoms with Gasteiger partial charge in [0.2, 0.25) is 0 Å². The molecule has 0 N–H and O–H groups in total. The molecule has 3 rings (SSSR count). The number of methoxy groups -OCH3 is 3. The zero-order valence-corrected chi connectivity index (χ0v) is 17.4. The summed E-state index contributed by atoms with van der Waals surface area (Å²) in [6, 6.07) is 13.4. The van der Waals surface area contributed by atoms with Crippen LogP contribution >= 0.6 is 22.9 Å². The maximum Gasteiger partial charge on any atom is 0.348 e. The Morgan fingerprint density at radius 3 is 2.34 bits per heavy atom. The lowest BCUT2D eigenvalue weighted by Crippen LogP contribution is -2.31. The molecule has 2 aromatic carbocycles. The third-order valence-corrected chi connectivity index (χ3v) is 5.19. The molecule has 1 heterocycles. The summed E-state index contributed by atoms with van der Waals surface area (Å²) >= 11 is 7.18. The number of carbonyl (C=O) groups is 1. The van der Waals surface area contributed by atoms with Gasteiger partial charge in [-0.2, -0.15) is 0 Å². The molecule has 0 saturated heterocycles. The highest BCUT2D eigenvalue weighted by molar-refractivity contribution is 7.11. The lowest BCUT2D eigenvalue weighted by atomic mass is 10.2. The maximum absolute atomic E-state index is 12.8. The molecule has 7 nitrogen and oxygen atoms in total. The van der Waals surface area contributed by atoms with Crippen LogP contribution in [-0.4, -0.2) is 31.9 Å². The fourth-order valence-electron chi connectivity index (χ4n) is 2.57. The molecule has 0 aliphatic rings. The highest BCUT2D eigenvalue weighted by Gasteiger charge is 2.14. The van der Waals surface area contributed by atoms with E-state index < -0.39 is 11.5 Å². The van der Waals surface area contributed by atoms with E-state index in [1.54, 1.807) is 36.4 Å². The number of ether oxygens (including phenoxy) is 3. The van der Waals surface area contributed by atoms with Gasteiger partial charge >= 0.3 is 5.97 Å². The molecule has 3 aromatic rings. The van der Waals surface area contributed by atoms with E-state index in [-0.39, 0.29) is 9.68 Å². The SMILES string of the molecule is COC(=O)c1cc(=O)n(-c2ccccc2)c(=Nc2cc(OC)c(Cl)cc2OC)s1. The molecule has 9 heteroatoms. The lowest BCUT2D eigenvalue weighted by Gasteiger charge is -2.10. The second-order valence-corrected chi connectivity index (χ2v) is 7.08. The first-order valence-electron chi connectivity index (χ1n) is 8.35. The molecule has 0 spiro atoms. The maximum atomic E-state index is 12.8. The molecule has 0 aliphatic heterocycles. The number of para-hydroxylation sites is 1. The van der Waals surface area contributed by atoms with Gasteiger partial charge in [-0.1, -0.05) is 41.1 Å². The minimum absolute atomic E-state index is 0.128. The van der Waals surface area contributed by atoms with E-state index in [1.165, 1.54) is 32.0 Å². The smallest absolute Gasteiger partial charge is 0.348 e. The molecule has 0 amide bonds. The number of benzene rings is 2. The Kier molecular flexibility index (Phi) is 6.36. The van der Waals surface area contributed by atoms with Crippen molar-refractivity contribution in [2.24, 2.45) is 4.99 Å². The molecule has 29 heavy (non-hydrogen) atoms. The largest absolute Gasteiger partial charge is 0.495 e. The van der Waals surface area contributed by atoms with Gasteiger partial charge in [0.25, 0.3) is 5.56 Å². The van der Waals surface area contributed by atoms with E-state index in [0.29, 0.717) is 27.9 Å². The molecule has 0 unspecified atom stereocenters. The normalized spacial score (nSPS) is 11.2. The third-order valence-electron chi connectivity index (χ3n) is 3.94. The van der Waals surface area contributed by atoms with Gasteiger partial charge in [-0.25, -0.2) is 9.79 Å². The Morgan fingerprint density at radius 1 is 1.03 bits per heavy atom. The van der Waals surface area contributed by atoms with Gasteiger partial charge in [-0.3, -0.25) is 9.36 Å². The molecular formula is C20H17ClN2O5S. The summed E-state index contributed by atoms with van der Waals surface area (Å²) in [5.41, 5.74) is 0.564. The summed E-state index contributed by atoms with van der Waals surface area (Å²) < 4.78 is 16.8. The average molecular weight is 433 g/mol. The fraction of sp³-hybridized carbons (Fsp3) is 0.150. The van der Waals surface area contributed by atoms with Gasteiger partial charge in [0.05, 0.1) is 32.0 Å². The highest BCUT2D eigenvalue weighted by atomic mass is 35.5. The van der Waals surface area contributed by atoms with Crippen LogP contribution in [0.2, 0.25) is 5.02 Å². The summed E-state index contributed by atoms with van der Waals surface area (Å²) in [5, 5.41) is 0.357. The number of esters is 1. The predicted octanol–water partition coefficient (Wildman–Crippen LogP) is 3.59. The first-order valence-corrected chi connectivity index (χ1v) is 9.55. The van der Waals surface area contributed by atoms with E-state index in [0.717, 1.165) is 11.3 Å². The standard InChI is InChI=1S/C20H17ClN2O5S/c1-26-15-10-14(16(27-2)9-13(15)21)22-20-23(12-7-5-4-6-8-12)18(24)11-17(29-20)19(25)28-3/h4-11H,1-3H3. The van der Waals surface area contributed by atoms with Crippen molar-refractivity contribution >= 4 is 34.6 Å². The Labute approximate surface area is 175 Å². The fourth-order valence-corrected chi connectivity index (χ4v) is 3.75. The van der Waals surface area contributed by atoms with Crippen molar-refractivity contribution in [3.8, 4) is 17.2 Å². The second kappa shape index (κ2) is 8.93. The zero-order valence-electron chi connectivity index (χ0n) is 15.8. The van der Waals surface area contributed by atoms with Crippen molar-refractivity contribution in [1.29, 1.82) is 0 Å². The summed E-state index contributed by atoms with van der Waals surface area (Å²) in [7, 11) is 4.22. The van der Waals surface area contributed by atoms with Gasteiger partial charge in [-0.05, 0) is 12.1 Å². The van der Waals surface area contributed by atoms with E-state index in [1.807, 2.05) is 6.07 Å². The Balaban J connectivity index is 2.37. The quantitative estimate of drug-likeness (QED) is 0.576. The Morgan fingerprint density at radius 2 is 1.72 bits per heavy atom. The molecule has 0 radical (unpaired) electrons. The van der Waals surface area contributed by atoms with Crippen LogP contribution in [-0.2, 0) is 4.74 Å². The van der Waals surface area contributed by atoms with Crippen molar-refractivity contribution in [2.45, 2.75) is 0 Å². The zero-order chi connectivity index (χ0) is 21.0. The Hall–Kier alpha value is -3.10. The molecule has 0 aliphatic carbocycles. The third kappa shape index (κ3) is 4.33.